The van der Waals surface area contributed by atoms with Crippen LogP contribution in [0.4, 0.5) is 11.4 Å². The van der Waals surface area contributed by atoms with Crippen LogP contribution in [-0.4, -0.2) is 23.2 Å². The van der Waals surface area contributed by atoms with Crippen molar-refractivity contribution in [2.45, 2.75) is 53.6 Å². The Balaban J connectivity index is 1.64. The van der Waals surface area contributed by atoms with Gasteiger partial charge in [-0.15, -0.1) is 0 Å². The van der Waals surface area contributed by atoms with E-state index in [-0.39, 0.29) is 0 Å². The van der Waals surface area contributed by atoms with Crippen molar-refractivity contribution in [3.63, 3.8) is 0 Å². The molecule has 124 valence electrons. The number of hydrogen-bond donors (Lipinski definition) is 2. The Morgan fingerprint density at radius 1 is 1.08 bits per heavy atom. The molecule has 2 aromatic rings. The van der Waals surface area contributed by atoms with Crippen LogP contribution in [0.1, 0.15) is 25.7 Å². The van der Waals surface area contributed by atoms with E-state index >= 15 is 0 Å². The number of halogens is 1. The van der Waals surface area contributed by atoms with Gasteiger partial charge in [0.25, 0.3) is 0 Å². The summed E-state index contributed by atoms with van der Waals surface area (Å²) in [5.74, 6) is 0.380. The summed E-state index contributed by atoms with van der Waals surface area (Å²) >= 11 is 5.26. The molecule has 0 amide bonds. The van der Waals surface area contributed by atoms with Gasteiger partial charge in [-0.1, -0.05) is 33.8 Å². The Morgan fingerprint density at radius 2 is 1.88 bits per heavy atom. The lowest BCUT2D eigenvalue weighted by molar-refractivity contribution is 0.358. The predicted molar refractivity (Wildman–Crippen MR) is 101 cm³/mol. The molecule has 2 bridgehead atoms. The third kappa shape index (κ3) is 2.37. The molecule has 3 nitrogen and oxygen atoms in total. The highest BCUT2D eigenvalue weighted by atomic mass is 79.9. The largest absolute Gasteiger partial charge is 0.507 e. The number of anilines is 2. The quantitative estimate of drug-likeness (QED) is 0.699. The number of aromatic hydroxyl groups is 1. The first-order valence-electron chi connectivity index (χ1n) is 8.54. The van der Waals surface area contributed by atoms with Gasteiger partial charge in [-0.2, -0.15) is 0 Å². The topological polar surface area (TPSA) is 35.5 Å². The summed E-state index contributed by atoms with van der Waals surface area (Å²) in [5, 5.41) is 14.2. The maximum Gasteiger partial charge on any atom is 0.131 e. The fraction of sp³-hybridized carbons (Fsp3) is 0.368. The first-order valence-corrected chi connectivity index (χ1v) is 10.1. The lowest BCUT2D eigenvalue weighted by atomic mass is 9.96. The zero-order chi connectivity index (χ0) is 16.3. The number of hydrogen-bond acceptors (Lipinski definition) is 4. The van der Waals surface area contributed by atoms with Crippen molar-refractivity contribution in [1.82, 2.24) is 5.32 Å². The lowest BCUT2D eigenvalue weighted by Gasteiger charge is -2.42. The zero-order valence-electron chi connectivity index (χ0n) is 13.2. The van der Waals surface area contributed by atoms with Gasteiger partial charge in [0.2, 0.25) is 0 Å². The molecule has 3 aliphatic rings. The summed E-state index contributed by atoms with van der Waals surface area (Å²) < 4.78 is 1.08. The monoisotopic (exact) mass is 402 g/mol. The number of fused-ring (bicyclic) bond motifs is 4. The van der Waals surface area contributed by atoms with Crippen LogP contribution >= 0.6 is 27.7 Å². The molecule has 2 aromatic carbocycles. The van der Waals surface area contributed by atoms with E-state index in [1.807, 2.05) is 6.07 Å². The molecule has 0 saturated carbocycles. The van der Waals surface area contributed by atoms with Crippen LogP contribution in [-0.2, 0) is 0 Å². The van der Waals surface area contributed by atoms with Crippen LogP contribution in [0.15, 0.2) is 50.7 Å². The first-order chi connectivity index (χ1) is 11.7. The maximum absolute atomic E-state index is 10.4. The summed E-state index contributed by atoms with van der Waals surface area (Å²) in [6.07, 6.45) is 4.94. The summed E-state index contributed by atoms with van der Waals surface area (Å²) in [6.45, 7) is 0. The molecule has 5 rings (SSSR count). The number of piperidine rings is 1. The molecule has 3 aliphatic heterocycles. The van der Waals surface area contributed by atoms with Crippen molar-refractivity contribution < 1.29 is 5.11 Å². The first kappa shape index (κ1) is 15.1. The Bertz CT molecular complexity index is 800. The number of phenols is 1. The molecule has 24 heavy (non-hydrogen) atoms. The maximum atomic E-state index is 10.4. The zero-order valence-corrected chi connectivity index (χ0v) is 15.6. The second-order valence-corrected chi connectivity index (χ2v) is 8.94. The standard InChI is InChI=1S/C19H19BrN2OS/c20-11-4-7-15-18(8-11)24-19-16(2-1-3-17(19)23)22(15)14-9-12-5-6-13(10-14)21-12/h1-4,7-8,12-14,21,23H,5-6,9-10H2. The summed E-state index contributed by atoms with van der Waals surface area (Å²) in [7, 11) is 0. The van der Waals surface area contributed by atoms with Crippen LogP contribution < -0.4 is 10.2 Å². The molecule has 2 N–H and O–H groups in total. The minimum absolute atomic E-state index is 0.380. The molecule has 0 aliphatic carbocycles. The van der Waals surface area contributed by atoms with Crippen LogP contribution in [0.3, 0.4) is 0 Å². The van der Waals surface area contributed by atoms with E-state index in [0.29, 0.717) is 23.9 Å². The van der Waals surface area contributed by atoms with Gasteiger partial charge >= 0.3 is 0 Å². The van der Waals surface area contributed by atoms with Crippen LogP contribution in [0.5, 0.6) is 5.75 Å². The van der Waals surface area contributed by atoms with Gasteiger partial charge in [0.15, 0.2) is 0 Å². The van der Waals surface area contributed by atoms with Gasteiger partial charge in [0.1, 0.15) is 5.75 Å². The Hall–Kier alpha value is -1.17. The fourth-order valence-corrected chi connectivity index (χ4v) is 6.08. The molecular weight excluding hydrogens is 384 g/mol. The van der Waals surface area contributed by atoms with Crippen molar-refractivity contribution in [3.8, 4) is 5.75 Å². The normalized spacial score (nSPS) is 27.7. The summed E-state index contributed by atoms with van der Waals surface area (Å²) in [4.78, 5) is 4.68. The van der Waals surface area contributed by atoms with Gasteiger partial charge in [0, 0.05) is 27.5 Å². The van der Waals surface area contributed by atoms with E-state index in [0.717, 1.165) is 15.1 Å². The number of phenolic OH excluding ortho intramolecular Hbond substituents is 1. The third-order valence-corrected chi connectivity index (χ3v) is 7.10. The molecule has 2 saturated heterocycles. The van der Waals surface area contributed by atoms with Crippen molar-refractivity contribution in [2.24, 2.45) is 0 Å². The van der Waals surface area contributed by atoms with Crippen molar-refractivity contribution in [2.75, 3.05) is 4.90 Å². The molecular formula is C19H19BrN2OS. The average molecular weight is 403 g/mol. The highest BCUT2D eigenvalue weighted by Gasteiger charge is 2.39. The molecule has 0 spiro atoms. The second kappa shape index (κ2) is 5.68. The van der Waals surface area contributed by atoms with Gasteiger partial charge in [-0.25, -0.2) is 0 Å². The van der Waals surface area contributed by atoms with E-state index in [2.05, 4.69) is 50.4 Å². The van der Waals surface area contributed by atoms with E-state index in [1.54, 1.807) is 17.8 Å². The molecule has 5 heteroatoms. The fourth-order valence-electron chi connectivity index (χ4n) is 4.45. The molecule has 0 radical (unpaired) electrons. The predicted octanol–water partition coefficient (Wildman–Crippen LogP) is 5.04. The number of benzene rings is 2. The van der Waals surface area contributed by atoms with E-state index in [1.165, 1.54) is 36.3 Å². The van der Waals surface area contributed by atoms with E-state index < -0.39 is 0 Å². The van der Waals surface area contributed by atoms with Crippen LogP contribution in [0.2, 0.25) is 0 Å². The summed E-state index contributed by atoms with van der Waals surface area (Å²) in [5.41, 5.74) is 2.42. The Kier molecular flexibility index (Phi) is 3.58. The SMILES string of the molecule is Oc1cccc2c1Sc1cc(Br)ccc1N2C1CC2CCC(C1)N2. The van der Waals surface area contributed by atoms with Crippen molar-refractivity contribution in [3.05, 3.63) is 40.9 Å². The molecule has 2 unspecified atom stereocenters. The second-order valence-electron chi connectivity index (χ2n) is 6.97. The van der Waals surface area contributed by atoms with Crippen molar-refractivity contribution >= 4 is 39.1 Å². The van der Waals surface area contributed by atoms with Crippen molar-refractivity contribution in [1.29, 1.82) is 0 Å². The van der Waals surface area contributed by atoms with E-state index in [9.17, 15) is 5.11 Å². The highest BCUT2D eigenvalue weighted by molar-refractivity contribution is 9.10. The third-order valence-electron chi connectivity index (χ3n) is 5.44. The molecule has 0 aromatic heterocycles. The van der Waals surface area contributed by atoms with Crippen LogP contribution in [0, 0.1) is 0 Å². The number of rotatable bonds is 1. The van der Waals surface area contributed by atoms with Gasteiger partial charge in [0.05, 0.1) is 16.3 Å². The molecule has 3 heterocycles. The Labute approximate surface area is 154 Å². The number of nitrogens with one attached hydrogen (secondary N) is 1. The highest BCUT2D eigenvalue weighted by Crippen LogP contribution is 2.54. The summed E-state index contributed by atoms with van der Waals surface area (Å²) in [6, 6.07) is 14.2. The van der Waals surface area contributed by atoms with Gasteiger partial charge in [-0.05, 0) is 56.0 Å². The minimum Gasteiger partial charge on any atom is -0.507 e. The molecule has 2 atom stereocenters. The smallest absolute Gasteiger partial charge is 0.131 e. The number of nitrogens with zero attached hydrogens (tertiary/aromatic N) is 1. The average Bonchev–Trinajstić information content (AvgIpc) is 2.91. The van der Waals surface area contributed by atoms with Gasteiger partial charge in [-0.3, -0.25) is 0 Å². The van der Waals surface area contributed by atoms with Gasteiger partial charge < -0.3 is 15.3 Å². The van der Waals surface area contributed by atoms with Crippen LogP contribution in [0.25, 0.3) is 0 Å². The Morgan fingerprint density at radius 3 is 2.67 bits per heavy atom. The lowest BCUT2D eigenvalue weighted by Crippen LogP contribution is -2.47. The minimum atomic E-state index is 0.380. The molecule has 2 fully saturated rings. The van der Waals surface area contributed by atoms with E-state index in [4.69, 9.17) is 0 Å².